The van der Waals surface area contributed by atoms with E-state index in [2.05, 4.69) is 15.5 Å². The molecule has 1 aliphatic rings. The van der Waals surface area contributed by atoms with E-state index in [9.17, 15) is 26.8 Å². The zero-order valence-corrected chi connectivity index (χ0v) is 17.5. The number of hydrogen-bond donors (Lipinski definition) is 1. The minimum absolute atomic E-state index is 0.00914. The molecular weight excluding hydrogens is 446 g/mol. The summed E-state index contributed by atoms with van der Waals surface area (Å²) in [4.78, 5) is 24.9. The summed E-state index contributed by atoms with van der Waals surface area (Å²) in [6.45, 7) is 1.47. The second kappa shape index (κ2) is 8.71. The summed E-state index contributed by atoms with van der Waals surface area (Å²) in [7, 11) is -4.67. The molecule has 0 atom stereocenters. The summed E-state index contributed by atoms with van der Waals surface area (Å²) in [5, 5.41) is 11.0. The van der Waals surface area contributed by atoms with Crippen LogP contribution in [0.4, 0.5) is 19.6 Å². The lowest BCUT2D eigenvalue weighted by Gasteiger charge is -2.15. The Balaban J connectivity index is 1.55. The third-order valence-electron chi connectivity index (χ3n) is 3.88. The molecule has 29 heavy (non-hydrogen) atoms. The number of amides is 2. The molecule has 1 saturated carbocycles. The molecule has 0 spiro atoms. The number of alkyl halides is 2. The highest BCUT2D eigenvalue weighted by atomic mass is 32.2. The Morgan fingerprint density at radius 3 is 2.48 bits per heavy atom. The highest BCUT2D eigenvalue weighted by Crippen LogP contribution is 2.35. The molecule has 0 saturated heterocycles. The molecule has 1 aliphatic carbocycles. The summed E-state index contributed by atoms with van der Waals surface area (Å²) in [6.07, 6.45) is 1.86. The highest BCUT2D eigenvalue weighted by molar-refractivity contribution is 8.01. The van der Waals surface area contributed by atoms with Crippen LogP contribution in [-0.4, -0.2) is 48.0 Å². The van der Waals surface area contributed by atoms with E-state index in [1.807, 2.05) is 0 Å². The van der Waals surface area contributed by atoms with Crippen molar-refractivity contribution in [2.24, 2.45) is 0 Å². The molecule has 1 fully saturated rings. The van der Waals surface area contributed by atoms with Crippen LogP contribution in [0.5, 0.6) is 0 Å². The zero-order valence-electron chi connectivity index (χ0n) is 15.0. The maximum absolute atomic E-state index is 12.5. The van der Waals surface area contributed by atoms with Gasteiger partial charge in [0.25, 0.3) is 0 Å². The number of anilines is 2. The quantitative estimate of drug-likeness (QED) is 0.475. The molecular formula is C16H16F2N4O4S3. The molecule has 1 N–H and O–H groups in total. The van der Waals surface area contributed by atoms with Crippen LogP contribution in [0, 0.1) is 0 Å². The number of rotatable bonds is 8. The molecule has 1 aromatic carbocycles. The van der Waals surface area contributed by atoms with E-state index in [1.54, 1.807) is 4.90 Å². The predicted octanol–water partition coefficient (Wildman–Crippen LogP) is 2.78. The lowest BCUT2D eigenvalue weighted by atomic mass is 10.3. The first kappa shape index (κ1) is 21.6. The van der Waals surface area contributed by atoms with Crippen LogP contribution in [0.25, 0.3) is 0 Å². The van der Waals surface area contributed by atoms with Gasteiger partial charge in [-0.05, 0) is 37.1 Å². The number of nitrogens with zero attached hydrogens (tertiary/aromatic N) is 3. The third-order valence-corrected chi connectivity index (χ3v) is 7.34. The zero-order chi connectivity index (χ0) is 21.2. The summed E-state index contributed by atoms with van der Waals surface area (Å²) in [5.41, 5.74) is 0.276. The number of thioether (sulfide) groups is 1. The summed E-state index contributed by atoms with van der Waals surface area (Å²) < 4.78 is 48.3. The topological polar surface area (TPSA) is 109 Å². The van der Waals surface area contributed by atoms with Gasteiger partial charge in [0.1, 0.15) is 0 Å². The molecule has 1 heterocycles. The molecule has 8 nitrogen and oxygen atoms in total. The first-order chi connectivity index (χ1) is 13.7. The van der Waals surface area contributed by atoms with Crippen molar-refractivity contribution in [3.8, 4) is 0 Å². The predicted molar refractivity (Wildman–Crippen MR) is 105 cm³/mol. The number of nitrogens with one attached hydrogen (secondary N) is 1. The summed E-state index contributed by atoms with van der Waals surface area (Å²) in [5.74, 6) is -3.98. The van der Waals surface area contributed by atoms with Crippen molar-refractivity contribution in [3.63, 3.8) is 0 Å². The molecule has 0 bridgehead atoms. The van der Waals surface area contributed by atoms with Gasteiger partial charge < -0.3 is 5.32 Å². The normalized spacial score (nSPS) is 14.1. The Labute approximate surface area is 173 Å². The van der Waals surface area contributed by atoms with Crippen LogP contribution >= 0.6 is 23.1 Å². The molecule has 13 heteroatoms. The Morgan fingerprint density at radius 2 is 1.93 bits per heavy atom. The molecule has 0 unspecified atom stereocenters. The Bertz CT molecular complexity index is 1010. The lowest BCUT2D eigenvalue weighted by Crippen LogP contribution is -2.30. The van der Waals surface area contributed by atoms with Crippen LogP contribution in [-0.2, 0) is 19.4 Å². The minimum atomic E-state index is -4.67. The smallest absolute Gasteiger partial charge is 0.325 e. The molecule has 2 amide bonds. The number of aromatic nitrogens is 2. The number of carbonyl (C=O) groups is 2. The third kappa shape index (κ3) is 5.28. The van der Waals surface area contributed by atoms with Crippen molar-refractivity contribution in [1.29, 1.82) is 0 Å². The Kier molecular flexibility index (Phi) is 6.49. The highest BCUT2D eigenvalue weighted by Gasteiger charge is 2.34. The first-order valence-electron chi connectivity index (χ1n) is 8.36. The number of carbonyl (C=O) groups excluding carboxylic acids is 2. The van der Waals surface area contributed by atoms with E-state index in [0.29, 0.717) is 9.47 Å². The molecule has 2 aromatic rings. The Morgan fingerprint density at radius 1 is 1.28 bits per heavy atom. The van der Waals surface area contributed by atoms with Gasteiger partial charge in [-0.1, -0.05) is 23.1 Å². The van der Waals surface area contributed by atoms with Gasteiger partial charge >= 0.3 is 5.76 Å². The van der Waals surface area contributed by atoms with Crippen molar-refractivity contribution < 1.29 is 26.8 Å². The molecule has 3 rings (SSSR count). The molecule has 0 radical (unpaired) electrons. The number of sulfone groups is 1. The van der Waals surface area contributed by atoms with Crippen molar-refractivity contribution in [1.82, 2.24) is 10.2 Å². The molecule has 156 valence electrons. The number of hydrogen-bond acceptors (Lipinski definition) is 8. The van der Waals surface area contributed by atoms with Crippen molar-refractivity contribution in [3.05, 3.63) is 24.3 Å². The lowest BCUT2D eigenvalue weighted by molar-refractivity contribution is -0.116. The van der Waals surface area contributed by atoms with Crippen molar-refractivity contribution in [2.75, 3.05) is 16.0 Å². The number of halogens is 2. The average molecular weight is 463 g/mol. The average Bonchev–Trinajstić information content (AvgIpc) is 3.37. The molecule has 1 aromatic heterocycles. The van der Waals surface area contributed by atoms with Crippen molar-refractivity contribution >= 4 is 55.6 Å². The SMILES string of the molecule is CC(=O)N(c1nnc(SCC(=O)Nc2ccc(S(=O)(=O)C(F)F)cc2)s1)C1CC1. The Hall–Kier alpha value is -2.12. The second-order valence-corrected chi connectivity index (χ2v) is 10.2. The van der Waals surface area contributed by atoms with E-state index < -0.39 is 20.5 Å². The van der Waals surface area contributed by atoms with Crippen LogP contribution in [0.1, 0.15) is 19.8 Å². The second-order valence-electron chi connectivity index (χ2n) is 6.14. The van der Waals surface area contributed by atoms with Gasteiger partial charge in [0, 0.05) is 18.7 Å². The van der Waals surface area contributed by atoms with Crippen LogP contribution in [0.2, 0.25) is 0 Å². The van der Waals surface area contributed by atoms with Gasteiger partial charge in [-0.3, -0.25) is 14.5 Å². The van der Waals surface area contributed by atoms with Gasteiger partial charge in [-0.25, -0.2) is 8.42 Å². The van der Waals surface area contributed by atoms with Crippen LogP contribution in [0.3, 0.4) is 0 Å². The van der Waals surface area contributed by atoms with E-state index >= 15 is 0 Å². The standard InChI is InChI=1S/C16H16F2N4O4S3/c1-9(23)22(11-4-5-11)15-20-21-16(28-15)27-8-13(24)19-10-2-6-12(7-3-10)29(25,26)14(17)18/h2-3,6-7,11,14H,4-5,8H2,1H3,(H,19,24). The maximum atomic E-state index is 12.5. The van der Waals surface area contributed by atoms with E-state index in [-0.39, 0.29) is 29.3 Å². The fourth-order valence-corrected chi connectivity index (χ4v) is 4.87. The largest absolute Gasteiger partial charge is 0.341 e. The van der Waals surface area contributed by atoms with Crippen LogP contribution < -0.4 is 10.2 Å². The first-order valence-corrected chi connectivity index (χ1v) is 11.7. The monoisotopic (exact) mass is 462 g/mol. The van der Waals surface area contributed by atoms with E-state index in [0.717, 1.165) is 36.7 Å². The maximum Gasteiger partial charge on any atom is 0.341 e. The minimum Gasteiger partial charge on any atom is -0.325 e. The number of benzene rings is 1. The summed E-state index contributed by atoms with van der Waals surface area (Å²) >= 11 is 2.36. The van der Waals surface area contributed by atoms with Gasteiger partial charge in [-0.2, -0.15) is 8.78 Å². The van der Waals surface area contributed by atoms with E-state index in [1.165, 1.54) is 30.4 Å². The van der Waals surface area contributed by atoms with Gasteiger partial charge in [0.05, 0.1) is 10.6 Å². The van der Waals surface area contributed by atoms with Gasteiger partial charge in [0.15, 0.2) is 4.34 Å². The van der Waals surface area contributed by atoms with Gasteiger partial charge in [0.2, 0.25) is 26.8 Å². The molecule has 0 aliphatic heterocycles. The van der Waals surface area contributed by atoms with E-state index in [4.69, 9.17) is 0 Å². The van der Waals surface area contributed by atoms with Crippen LogP contribution in [0.15, 0.2) is 33.5 Å². The summed E-state index contributed by atoms with van der Waals surface area (Å²) in [6, 6.07) is 4.66. The van der Waals surface area contributed by atoms with Gasteiger partial charge in [-0.15, -0.1) is 10.2 Å². The fourth-order valence-electron chi connectivity index (χ4n) is 2.39. The fraction of sp³-hybridized carbons (Fsp3) is 0.375. The van der Waals surface area contributed by atoms with Crippen molar-refractivity contribution in [2.45, 2.75) is 40.8 Å².